The SMILES string of the molecule is CC(C)Cn1cc(C(F)F)c(C(=O)NC(C)CCCO)n1. The Bertz CT molecular complexity index is 461. The first kappa shape index (κ1) is 17.6. The standard InChI is InChI=1S/C14H23F2N3O2/c1-9(2)7-19-8-11(13(15)16)12(18-19)14(21)17-10(3)5-4-6-20/h8-10,13,20H,4-7H2,1-3H3,(H,17,21). The molecule has 1 rings (SSSR count). The Morgan fingerprint density at radius 2 is 2.10 bits per heavy atom. The predicted octanol–water partition coefficient (Wildman–Crippen LogP) is 2.37. The predicted molar refractivity (Wildman–Crippen MR) is 75.3 cm³/mol. The van der Waals surface area contributed by atoms with Crippen LogP contribution in [0.15, 0.2) is 6.20 Å². The smallest absolute Gasteiger partial charge is 0.272 e. The van der Waals surface area contributed by atoms with Crippen LogP contribution >= 0.6 is 0 Å². The Labute approximate surface area is 123 Å². The molecular formula is C14H23F2N3O2. The van der Waals surface area contributed by atoms with Gasteiger partial charge in [-0.1, -0.05) is 13.8 Å². The van der Waals surface area contributed by atoms with E-state index in [1.165, 1.54) is 10.9 Å². The van der Waals surface area contributed by atoms with Crippen LogP contribution in [0.1, 0.15) is 56.1 Å². The van der Waals surface area contributed by atoms with Crippen molar-refractivity contribution in [1.29, 1.82) is 0 Å². The molecule has 1 atom stereocenters. The normalized spacial score (nSPS) is 13.0. The lowest BCUT2D eigenvalue weighted by molar-refractivity contribution is 0.0917. The molecule has 0 radical (unpaired) electrons. The summed E-state index contributed by atoms with van der Waals surface area (Å²) in [6.07, 6.45) is -0.374. The lowest BCUT2D eigenvalue weighted by Gasteiger charge is -2.12. The lowest BCUT2D eigenvalue weighted by Crippen LogP contribution is -2.33. The number of nitrogens with zero attached hydrogens (tertiary/aromatic N) is 2. The summed E-state index contributed by atoms with van der Waals surface area (Å²) in [5.74, 6) is -0.354. The van der Waals surface area contributed by atoms with Crippen LogP contribution in [0.4, 0.5) is 8.78 Å². The Hall–Kier alpha value is -1.50. The number of halogens is 2. The fraction of sp³-hybridized carbons (Fsp3) is 0.714. The second kappa shape index (κ2) is 8.07. The summed E-state index contributed by atoms with van der Waals surface area (Å²) >= 11 is 0. The number of nitrogens with one attached hydrogen (secondary N) is 1. The van der Waals surface area contributed by atoms with Crippen molar-refractivity contribution in [3.8, 4) is 0 Å². The molecule has 5 nitrogen and oxygen atoms in total. The third kappa shape index (κ3) is 5.41. The van der Waals surface area contributed by atoms with Crippen LogP contribution in [0, 0.1) is 5.92 Å². The number of aromatic nitrogens is 2. The van der Waals surface area contributed by atoms with E-state index in [0.717, 1.165) is 0 Å². The number of hydrogen-bond acceptors (Lipinski definition) is 3. The van der Waals surface area contributed by atoms with E-state index in [-0.39, 0.29) is 29.8 Å². The topological polar surface area (TPSA) is 67.2 Å². The van der Waals surface area contributed by atoms with Crippen LogP contribution in [-0.2, 0) is 6.54 Å². The molecule has 0 spiro atoms. The number of amides is 1. The number of hydrogen-bond donors (Lipinski definition) is 2. The first-order valence-electron chi connectivity index (χ1n) is 7.12. The van der Waals surface area contributed by atoms with Gasteiger partial charge in [-0.15, -0.1) is 0 Å². The summed E-state index contributed by atoms with van der Waals surface area (Å²) < 4.78 is 27.4. The van der Waals surface area contributed by atoms with E-state index in [4.69, 9.17) is 5.11 Å². The molecule has 21 heavy (non-hydrogen) atoms. The fourth-order valence-electron chi connectivity index (χ4n) is 2.00. The maximum Gasteiger partial charge on any atom is 0.272 e. The zero-order chi connectivity index (χ0) is 16.0. The molecule has 0 saturated heterocycles. The molecule has 0 aromatic carbocycles. The lowest BCUT2D eigenvalue weighted by atomic mass is 10.1. The van der Waals surface area contributed by atoms with Gasteiger partial charge in [0.1, 0.15) is 0 Å². The molecule has 1 aromatic rings. The summed E-state index contributed by atoms with van der Waals surface area (Å²) in [4.78, 5) is 12.1. The van der Waals surface area contributed by atoms with Gasteiger partial charge in [0.15, 0.2) is 5.69 Å². The number of aliphatic hydroxyl groups is 1. The van der Waals surface area contributed by atoms with E-state index in [1.807, 2.05) is 13.8 Å². The van der Waals surface area contributed by atoms with E-state index >= 15 is 0 Å². The number of alkyl halides is 2. The molecule has 1 heterocycles. The van der Waals surface area contributed by atoms with Crippen LogP contribution in [-0.4, -0.2) is 33.4 Å². The Kier molecular flexibility index (Phi) is 6.74. The van der Waals surface area contributed by atoms with Gasteiger partial charge in [-0.2, -0.15) is 5.10 Å². The Morgan fingerprint density at radius 3 is 2.62 bits per heavy atom. The summed E-state index contributed by atoms with van der Waals surface area (Å²) in [5, 5.41) is 15.4. The fourth-order valence-corrected chi connectivity index (χ4v) is 2.00. The number of rotatable bonds is 8. The van der Waals surface area contributed by atoms with Gasteiger partial charge in [0.25, 0.3) is 12.3 Å². The molecule has 1 aromatic heterocycles. The molecule has 0 aliphatic carbocycles. The molecule has 2 N–H and O–H groups in total. The monoisotopic (exact) mass is 303 g/mol. The molecule has 120 valence electrons. The van der Waals surface area contributed by atoms with E-state index in [1.54, 1.807) is 6.92 Å². The Balaban J connectivity index is 2.83. The maximum absolute atomic E-state index is 13.0. The van der Waals surface area contributed by atoms with E-state index in [2.05, 4.69) is 10.4 Å². The largest absolute Gasteiger partial charge is 0.396 e. The number of aliphatic hydroxyl groups excluding tert-OH is 1. The second-order valence-electron chi connectivity index (χ2n) is 5.59. The second-order valence-corrected chi connectivity index (χ2v) is 5.59. The van der Waals surface area contributed by atoms with Crippen molar-refractivity contribution in [1.82, 2.24) is 15.1 Å². The highest BCUT2D eigenvalue weighted by molar-refractivity contribution is 5.93. The highest BCUT2D eigenvalue weighted by atomic mass is 19.3. The average Bonchev–Trinajstić information content (AvgIpc) is 2.79. The molecule has 1 unspecified atom stereocenters. The first-order chi connectivity index (χ1) is 9.85. The highest BCUT2D eigenvalue weighted by Crippen LogP contribution is 2.22. The van der Waals surface area contributed by atoms with Crippen molar-refractivity contribution in [2.75, 3.05) is 6.61 Å². The molecule has 0 saturated carbocycles. The molecule has 0 fully saturated rings. The first-order valence-corrected chi connectivity index (χ1v) is 7.12. The van der Waals surface area contributed by atoms with Crippen molar-refractivity contribution in [3.05, 3.63) is 17.5 Å². The molecule has 0 aliphatic rings. The third-order valence-corrected chi connectivity index (χ3v) is 2.97. The van der Waals surface area contributed by atoms with Gasteiger partial charge in [0.2, 0.25) is 0 Å². The van der Waals surface area contributed by atoms with Crippen LogP contribution in [0.25, 0.3) is 0 Å². The van der Waals surface area contributed by atoms with Gasteiger partial charge in [-0.05, 0) is 25.7 Å². The van der Waals surface area contributed by atoms with Gasteiger partial charge in [-0.3, -0.25) is 9.48 Å². The highest BCUT2D eigenvalue weighted by Gasteiger charge is 2.24. The zero-order valence-electron chi connectivity index (χ0n) is 12.6. The molecule has 7 heteroatoms. The minimum Gasteiger partial charge on any atom is -0.396 e. The van der Waals surface area contributed by atoms with E-state index in [0.29, 0.717) is 19.4 Å². The van der Waals surface area contributed by atoms with Crippen molar-refractivity contribution in [3.63, 3.8) is 0 Å². The van der Waals surface area contributed by atoms with Crippen molar-refractivity contribution in [2.24, 2.45) is 5.92 Å². The van der Waals surface area contributed by atoms with Gasteiger partial charge >= 0.3 is 0 Å². The summed E-state index contributed by atoms with van der Waals surface area (Å²) in [6.45, 7) is 6.17. The quantitative estimate of drug-likeness (QED) is 0.775. The van der Waals surface area contributed by atoms with Crippen LogP contribution in [0.3, 0.4) is 0 Å². The molecule has 0 aliphatic heterocycles. The zero-order valence-corrected chi connectivity index (χ0v) is 12.6. The summed E-state index contributed by atoms with van der Waals surface area (Å²) in [7, 11) is 0. The molecule has 0 bridgehead atoms. The van der Waals surface area contributed by atoms with Gasteiger partial charge in [0, 0.05) is 25.4 Å². The van der Waals surface area contributed by atoms with E-state index in [9.17, 15) is 13.6 Å². The number of carbonyl (C=O) groups excluding carboxylic acids is 1. The molecule has 1 amide bonds. The Morgan fingerprint density at radius 1 is 1.43 bits per heavy atom. The van der Waals surface area contributed by atoms with Crippen molar-refractivity contribution < 1.29 is 18.7 Å². The summed E-state index contributed by atoms with van der Waals surface area (Å²) in [5.41, 5.74) is -0.566. The van der Waals surface area contributed by atoms with Gasteiger partial charge in [-0.25, -0.2) is 8.78 Å². The summed E-state index contributed by atoms with van der Waals surface area (Å²) in [6, 6.07) is -0.203. The minimum atomic E-state index is -2.74. The third-order valence-electron chi connectivity index (χ3n) is 2.97. The van der Waals surface area contributed by atoms with Gasteiger partial charge in [0.05, 0.1) is 5.56 Å². The van der Waals surface area contributed by atoms with Crippen LogP contribution in [0.2, 0.25) is 0 Å². The molecular weight excluding hydrogens is 280 g/mol. The van der Waals surface area contributed by atoms with Crippen LogP contribution < -0.4 is 5.32 Å². The minimum absolute atomic E-state index is 0.0332. The van der Waals surface area contributed by atoms with Crippen molar-refractivity contribution in [2.45, 2.75) is 52.6 Å². The van der Waals surface area contributed by atoms with Crippen LogP contribution in [0.5, 0.6) is 0 Å². The van der Waals surface area contributed by atoms with Gasteiger partial charge < -0.3 is 10.4 Å². The average molecular weight is 303 g/mol. The van der Waals surface area contributed by atoms with E-state index < -0.39 is 12.3 Å². The maximum atomic E-state index is 13.0. The van der Waals surface area contributed by atoms with Crippen molar-refractivity contribution >= 4 is 5.91 Å². The number of carbonyl (C=O) groups is 1.